The molecule has 0 saturated heterocycles. The SMILES string of the molecule is COc1c(/C=N\NC(N)=O)c(OC)c(OC)c2c1CCO2. The first-order chi connectivity index (χ1) is 10.1. The molecule has 0 unspecified atom stereocenters. The molecule has 0 bridgehead atoms. The highest BCUT2D eigenvalue weighted by atomic mass is 16.5. The van der Waals surface area contributed by atoms with Gasteiger partial charge in [-0.1, -0.05) is 0 Å². The molecular weight excluding hydrogens is 278 g/mol. The average molecular weight is 295 g/mol. The highest BCUT2D eigenvalue weighted by Gasteiger charge is 2.30. The van der Waals surface area contributed by atoms with E-state index in [-0.39, 0.29) is 0 Å². The number of benzene rings is 1. The highest BCUT2D eigenvalue weighted by Crippen LogP contribution is 2.50. The molecule has 21 heavy (non-hydrogen) atoms. The molecule has 3 N–H and O–H groups in total. The molecule has 1 aromatic rings. The van der Waals surface area contributed by atoms with Gasteiger partial charge in [-0.2, -0.15) is 5.10 Å². The molecule has 8 heteroatoms. The second-order valence-electron chi connectivity index (χ2n) is 4.15. The lowest BCUT2D eigenvalue weighted by Crippen LogP contribution is -2.24. The summed E-state index contributed by atoms with van der Waals surface area (Å²) in [6, 6.07) is -0.763. The van der Waals surface area contributed by atoms with E-state index in [1.165, 1.54) is 20.4 Å². The van der Waals surface area contributed by atoms with E-state index < -0.39 is 6.03 Å². The molecule has 0 radical (unpaired) electrons. The first-order valence-corrected chi connectivity index (χ1v) is 6.20. The number of carbonyl (C=O) groups is 1. The topological polar surface area (TPSA) is 104 Å². The minimum absolute atomic E-state index is 0.407. The summed E-state index contributed by atoms with van der Waals surface area (Å²) < 4.78 is 21.8. The molecule has 8 nitrogen and oxygen atoms in total. The summed E-state index contributed by atoms with van der Waals surface area (Å²) in [5, 5.41) is 3.75. The van der Waals surface area contributed by atoms with Crippen LogP contribution in [-0.4, -0.2) is 40.2 Å². The molecule has 2 rings (SSSR count). The predicted molar refractivity (Wildman–Crippen MR) is 75.6 cm³/mol. The van der Waals surface area contributed by atoms with Crippen LogP contribution in [0.5, 0.6) is 23.0 Å². The zero-order valence-electron chi connectivity index (χ0n) is 12.1. The van der Waals surface area contributed by atoms with Crippen molar-refractivity contribution in [1.29, 1.82) is 0 Å². The summed E-state index contributed by atoms with van der Waals surface area (Å²) in [5.74, 6) is 2.04. The number of nitrogens with zero attached hydrogens (tertiary/aromatic N) is 1. The van der Waals surface area contributed by atoms with Crippen LogP contribution in [0, 0.1) is 0 Å². The minimum atomic E-state index is -0.763. The molecule has 1 aliphatic rings. The Hall–Kier alpha value is -2.64. The third-order valence-corrected chi connectivity index (χ3v) is 3.03. The Morgan fingerprint density at radius 3 is 2.48 bits per heavy atom. The standard InChI is InChI=1S/C13H17N3O5/c1-18-9-7-4-5-21-11(7)12(20-3)10(19-2)8(9)6-15-16-13(14)17/h6H,4-5H2,1-3H3,(H3,14,16,17)/b15-6-. The van der Waals surface area contributed by atoms with Crippen LogP contribution in [0.25, 0.3) is 0 Å². The number of hydrogen-bond donors (Lipinski definition) is 2. The fraction of sp³-hybridized carbons (Fsp3) is 0.385. The Morgan fingerprint density at radius 1 is 1.24 bits per heavy atom. The van der Waals surface area contributed by atoms with E-state index in [0.29, 0.717) is 41.6 Å². The number of hydrazone groups is 1. The van der Waals surface area contributed by atoms with Crippen molar-refractivity contribution in [2.75, 3.05) is 27.9 Å². The van der Waals surface area contributed by atoms with Crippen molar-refractivity contribution in [3.63, 3.8) is 0 Å². The number of amides is 2. The van der Waals surface area contributed by atoms with Gasteiger partial charge in [0.2, 0.25) is 5.75 Å². The van der Waals surface area contributed by atoms with Crippen molar-refractivity contribution < 1.29 is 23.7 Å². The van der Waals surface area contributed by atoms with Crippen LogP contribution in [0.1, 0.15) is 11.1 Å². The number of rotatable bonds is 5. The van der Waals surface area contributed by atoms with Crippen molar-refractivity contribution in [3.05, 3.63) is 11.1 Å². The number of nitrogens with one attached hydrogen (secondary N) is 1. The molecule has 114 valence electrons. The van der Waals surface area contributed by atoms with Crippen LogP contribution in [0.2, 0.25) is 0 Å². The molecule has 0 spiro atoms. The van der Waals surface area contributed by atoms with E-state index in [4.69, 9.17) is 24.7 Å². The third-order valence-electron chi connectivity index (χ3n) is 3.03. The fourth-order valence-corrected chi connectivity index (χ4v) is 2.27. The van der Waals surface area contributed by atoms with Gasteiger partial charge in [0.1, 0.15) is 5.75 Å². The first kappa shape index (κ1) is 14.8. The van der Waals surface area contributed by atoms with Gasteiger partial charge < -0.3 is 24.7 Å². The molecule has 0 aromatic heterocycles. The van der Waals surface area contributed by atoms with Crippen LogP contribution < -0.4 is 30.1 Å². The van der Waals surface area contributed by atoms with Gasteiger partial charge in [-0.3, -0.25) is 0 Å². The average Bonchev–Trinajstić information content (AvgIpc) is 2.94. The van der Waals surface area contributed by atoms with Crippen molar-refractivity contribution in [2.45, 2.75) is 6.42 Å². The summed E-state index contributed by atoms with van der Waals surface area (Å²) in [6.07, 6.45) is 2.08. The van der Waals surface area contributed by atoms with Crippen LogP contribution in [0.4, 0.5) is 4.79 Å². The summed E-state index contributed by atoms with van der Waals surface area (Å²) in [4.78, 5) is 10.7. The Kier molecular flexibility index (Phi) is 4.36. The zero-order valence-corrected chi connectivity index (χ0v) is 12.1. The number of nitrogens with two attached hydrogens (primary N) is 1. The number of fused-ring (bicyclic) bond motifs is 1. The summed E-state index contributed by atoms with van der Waals surface area (Å²) in [7, 11) is 4.56. The van der Waals surface area contributed by atoms with E-state index in [9.17, 15) is 4.79 Å². The Balaban J connectivity index is 2.60. The van der Waals surface area contributed by atoms with E-state index in [2.05, 4.69) is 10.5 Å². The normalized spacial score (nSPS) is 12.7. The van der Waals surface area contributed by atoms with Crippen LogP contribution in [0.15, 0.2) is 5.10 Å². The quantitative estimate of drug-likeness (QED) is 0.613. The maximum Gasteiger partial charge on any atom is 0.332 e. The number of hydrogen-bond acceptors (Lipinski definition) is 6. The molecule has 0 atom stereocenters. The maximum atomic E-state index is 10.7. The maximum absolute atomic E-state index is 10.7. The van der Waals surface area contributed by atoms with E-state index in [1.807, 2.05) is 0 Å². The van der Waals surface area contributed by atoms with Gasteiger partial charge in [0.05, 0.1) is 39.7 Å². The summed E-state index contributed by atoms with van der Waals surface area (Å²) in [5.41, 5.74) is 8.51. The monoisotopic (exact) mass is 295 g/mol. The largest absolute Gasteiger partial charge is 0.495 e. The third kappa shape index (κ3) is 2.64. The lowest BCUT2D eigenvalue weighted by Gasteiger charge is -2.17. The van der Waals surface area contributed by atoms with Crippen LogP contribution in [-0.2, 0) is 6.42 Å². The second-order valence-corrected chi connectivity index (χ2v) is 4.15. The molecule has 2 amide bonds. The smallest absolute Gasteiger partial charge is 0.332 e. The second kappa shape index (κ2) is 6.21. The molecule has 1 heterocycles. The number of carbonyl (C=O) groups excluding carboxylic acids is 1. The van der Waals surface area contributed by atoms with Crippen LogP contribution >= 0.6 is 0 Å². The van der Waals surface area contributed by atoms with E-state index in [0.717, 1.165) is 5.56 Å². The lowest BCUT2D eigenvalue weighted by atomic mass is 10.0. The van der Waals surface area contributed by atoms with Crippen molar-refractivity contribution in [3.8, 4) is 23.0 Å². The van der Waals surface area contributed by atoms with Crippen molar-refractivity contribution in [2.24, 2.45) is 10.8 Å². The van der Waals surface area contributed by atoms with Gasteiger partial charge in [0, 0.05) is 12.0 Å². The van der Waals surface area contributed by atoms with Crippen molar-refractivity contribution >= 4 is 12.2 Å². The van der Waals surface area contributed by atoms with Crippen LogP contribution in [0.3, 0.4) is 0 Å². The van der Waals surface area contributed by atoms with Crippen molar-refractivity contribution in [1.82, 2.24) is 5.43 Å². The number of methoxy groups -OCH3 is 3. The zero-order chi connectivity index (χ0) is 15.4. The van der Waals surface area contributed by atoms with Gasteiger partial charge in [0.25, 0.3) is 0 Å². The molecule has 1 aliphatic heterocycles. The first-order valence-electron chi connectivity index (χ1n) is 6.20. The number of ether oxygens (including phenoxy) is 4. The predicted octanol–water partition coefficient (Wildman–Crippen LogP) is 0.649. The molecule has 0 fully saturated rings. The van der Waals surface area contributed by atoms with Gasteiger partial charge >= 0.3 is 6.03 Å². The molecular formula is C13H17N3O5. The lowest BCUT2D eigenvalue weighted by molar-refractivity contribution is 0.249. The van der Waals surface area contributed by atoms with E-state index in [1.54, 1.807) is 7.11 Å². The Labute approximate surface area is 121 Å². The highest BCUT2D eigenvalue weighted by molar-refractivity contribution is 5.92. The van der Waals surface area contributed by atoms with Gasteiger partial charge in [-0.05, 0) is 0 Å². The van der Waals surface area contributed by atoms with Gasteiger partial charge in [-0.15, -0.1) is 0 Å². The molecule has 0 aliphatic carbocycles. The van der Waals surface area contributed by atoms with E-state index >= 15 is 0 Å². The van der Waals surface area contributed by atoms with Gasteiger partial charge in [-0.25, -0.2) is 10.2 Å². The molecule has 0 saturated carbocycles. The minimum Gasteiger partial charge on any atom is -0.495 e. The Morgan fingerprint density at radius 2 is 1.90 bits per heavy atom. The summed E-state index contributed by atoms with van der Waals surface area (Å²) >= 11 is 0. The fourth-order valence-electron chi connectivity index (χ4n) is 2.27. The van der Waals surface area contributed by atoms with Gasteiger partial charge in [0.15, 0.2) is 11.5 Å². The molecule has 1 aromatic carbocycles. The Bertz CT molecular complexity index is 586. The number of urea groups is 1. The summed E-state index contributed by atoms with van der Waals surface area (Å²) in [6.45, 7) is 0.533. The number of primary amides is 1.